The van der Waals surface area contributed by atoms with Crippen LogP contribution in [0, 0.1) is 11.2 Å². The lowest BCUT2D eigenvalue weighted by Gasteiger charge is -2.04. The molecule has 0 bridgehead atoms. The summed E-state index contributed by atoms with van der Waals surface area (Å²) in [5, 5.41) is 19.7. The molecular weight excluding hydrogens is 315 g/mol. The molecule has 3 aromatic rings. The molecule has 0 aliphatic rings. The van der Waals surface area contributed by atoms with E-state index in [1.54, 1.807) is 24.4 Å². The van der Waals surface area contributed by atoms with Gasteiger partial charge in [-0.05, 0) is 6.07 Å². The maximum Gasteiger partial charge on any atom is 0.300 e. The van der Waals surface area contributed by atoms with Crippen LogP contribution in [-0.2, 0) is 11.3 Å². The smallest absolute Gasteiger partial charge is 0.300 e. The average molecular weight is 330 g/mol. The van der Waals surface area contributed by atoms with Crippen LogP contribution >= 0.6 is 0 Å². The van der Waals surface area contributed by atoms with E-state index in [4.69, 9.17) is 21.0 Å². The van der Waals surface area contributed by atoms with Crippen LogP contribution in [-0.4, -0.2) is 36.7 Å². The quantitative estimate of drug-likeness (QED) is 0.491. The molecule has 0 spiro atoms. The fourth-order valence-electron chi connectivity index (χ4n) is 2.02. The molecule has 1 aromatic carbocycles. The van der Waals surface area contributed by atoms with Crippen molar-refractivity contribution in [1.29, 1.82) is 5.41 Å². The van der Waals surface area contributed by atoms with Crippen molar-refractivity contribution in [3.63, 3.8) is 0 Å². The molecule has 0 saturated carbocycles. The minimum absolute atomic E-state index is 0.169. The first kappa shape index (κ1) is 17.0. The van der Waals surface area contributed by atoms with Crippen LogP contribution in [0.25, 0.3) is 11.0 Å². The van der Waals surface area contributed by atoms with Crippen LogP contribution in [0.5, 0.6) is 0 Å². The molecule has 0 amide bonds. The number of hydrogen-bond donors (Lipinski definition) is 3. The second-order valence-electron chi connectivity index (χ2n) is 4.79. The van der Waals surface area contributed by atoms with Gasteiger partial charge < -0.3 is 10.8 Å². The van der Waals surface area contributed by atoms with Gasteiger partial charge in [0, 0.05) is 18.7 Å². The third kappa shape index (κ3) is 3.88. The molecule has 2 heterocycles. The maximum absolute atomic E-state index is 13.7. The number of amidine groups is 1. The van der Waals surface area contributed by atoms with E-state index in [2.05, 4.69) is 15.1 Å². The van der Waals surface area contributed by atoms with Gasteiger partial charge in [-0.3, -0.25) is 10.2 Å². The molecule has 0 fully saturated rings. The number of aliphatic carboxylic acids is 1. The highest BCUT2D eigenvalue weighted by Gasteiger charge is 2.15. The van der Waals surface area contributed by atoms with Crippen molar-refractivity contribution in [3.05, 3.63) is 53.9 Å². The van der Waals surface area contributed by atoms with Crippen molar-refractivity contribution in [3.8, 4) is 0 Å². The molecule has 0 unspecified atom stereocenters. The van der Waals surface area contributed by atoms with Gasteiger partial charge in [0.1, 0.15) is 23.7 Å². The van der Waals surface area contributed by atoms with Crippen molar-refractivity contribution < 1.29 is 14.3 Å². The van der Waals surface area contributed by atoms with E-state index in [0.717, 1.165) is 6.92 Å². The Bertz CT molecular complexity index is 889. The average Bonchev–Trinajstić information content (AvgIpc) is 2.88. The standard InChI is InChI=1S/C13H11FN6.C2H4O2/c14-10-4-2-1-3-8(10)6-20-13-9(5-17-7-18-13)11(19-20)12(15)16;1-2(3)4/h1-5,7H,6H2,(H3,15,16);1H3,(H,3,4). The molecule has 0 aliphatic carbocycles. The topological polar surface area (TPSA) is 131 Å². The Kier molecular flexibility index (Phi) is 5.15. The van der Waals surface area contributed by atoms with Crippen LogP contribution in [0.3, 0.4) is 0 Å². The van der Waals surface area contributed by atoms with Crippen LogP contribution in [0.2, 0.25) is 0 Å². The number of carboxylic acids is 1. The van der Waals surface area contributed by atoms with Gasteiger partial charge >= 0.3 is 0 Å². The number of carboxylic acid groups (broad SMARTS) is 1. The second-order valence-corrected chi connectivity index (χ2v) is 4.79. The van der Waals surface area contributed by atoms with E-state index >= 15 is 0 Å². The monoisotopic (exact) mass is 330 g/mol. The molecule has 8 nitrogen and oxygen atoms in total. The highest BCUT2D eigenvalue weighted by atomic mass is 19.1. The van der Waals surface area contributed by atoms with E-state index in [0.29, 0.717) is 22.3 Å². The Hall–Kier alpha value is -3.36. The summed E-state index contributed by atoms with van der Waals surface area (Å²) in [4.78, 5) is 17.0. The molecule has 0 saturated heterocycles. The van der Waals surface area contributed by atoms with Crippen LogP contribution < -0.4 is 5.73 Å². The van der Waals surface area contributed by atoms with E-state index < -0.39 is 5.97 Å². The zero-order valence-corrected chi connectivity index (χ0v) is 12.8. The van der Waals surface area contributed by atoms with E-state index in [-0.39, 0.29) is 18.2 Å². The van der Waals surface area contributed by atoms with Crippen molar-refractivity contribution in [1.82, 2.24) is 19.7 Å². The number of nitrogens with two attached hydrogens (primary N) is 1. The summed E-state index contributed by atoms with van der Waals surface area (Å²) in [5.74, 6) is -1.31. The third-order valence-corrected chi connectivity index (χ3v) is 2.94. The lowest BCUT2D eigenvalue weighted by atomic mass is 10.2. The summed E-state index contributed by atoms with van der Waals surface area (Å²) in [5.41, 5.74) is 6.81. The minimum atomic E-state index is -0.833. The molecule has 3 rings (SSSR count). The number of halogens is 1. The first-order chi connectivity index (χ1) is 11.4. The van der Waals surface area contributed by atoms with Gasteiger partial charge in [0.25, 0.3) is 5.97 Å². The summed E-state index contributed by atoms with van der Waals surface area (Å²) >= 11 is 0. The number of nitrogen functional groups attached to an aromatic ring is 1. The molecule has 24 heavy (non-hydrogen) atoms. The third-order valence-electron chi connectivity index (χ3n) is 2.94. The zero-order chi connectivity index (χ0) is 17.7. The fourth-order valence-corrected chi connectivity index (χ4v) is 2.02. The summed E-state index contributed by atoms with van der Waals surface area (Å²) in [7, 11) is 0. The second kappa shape index (κ2) is 7.27. The number of nitrogens with one attached hydrogen (secondary N) is 1. The minimum Gasteiger partial charge on any atom is -0.481 e. The lowest BCUT2D eigenvalue weighted by Crippen LogP contribution is -2.13. The van der Waals surface area contributed by atoms with Crippen LogP contribution in [0.1, 0.15) is 18.2 Å². The van der Waals surface area contributed by atoms with E-state index in [1.165, 1.54) is 17.1 Å². The van der Waals surface area contributed by atoms with Crippen LogP contribution in [0.15, 0.2) is 36.8 Å². The predicted octanol–water partition coefficient (Wildman–Crippen LogP) is 1.39. The summed E-state index contributed by atoms with van der Waals surface area (Å²) in [6, 6.07) is 6.45. The summed E-state index contributed by atoms with van der Waals surface area (Å²) in [6.45, 7) is 1.30. The number of carbonyl (C=O) groups is 1. The molecule has 124 valence electrons. The Morgan fingerprint density at radius 1 is 1.42 bits per heavy atom. The molecule has 0 aliphatic heterocycles. The lowest BCUT2D eigenvalue weighted by molar-refractivity contribution is -0.134. The van der Waals surface area contributed by atoms with Gasteiger partial charge in [-0.15, -0.1) is 0 Å². The molecule has 4 N–H and O–H groups in total. The first-order valence-corrected chi connectivity index (χ1v) is 6.84. The number of fused-ring (bicyclic) bond motifs is 1. The number of hydrogen-bond acceptors (Lipinski definition) is 5. The van der Waals surface area contributed by atoms with Crippen molar-refractivity contribution in [2.24, 2.45) is 5.73 Å². The first-order valence-electron chi connectivity index (χ1n) is 6.84. The molecule has 2 aromatic heterocycles. The predicted molar refractivity (Wildman–Crippen MR) is 85.2 cm³/mol. The SMILES string of the molecule is CC(=O)O.N=C(N)c1nn(Cc2ccccc2F)c2ncncc12. The molecule has 0 atom stereocenters. The van der Waals surface area contributed by atoms with Gasteiger partial charge in [-0.25, -0.2) is 19.0 Å². The van der Waals surface area contributed by atoms with Crippen molar-refractivity contribution >= 4 is 22.8 Å². The van der Waals surface area contributed by atoms with Crippen molar-refractivity contribution in [2.75, 3.05) is 0 Å². The zero-order valence-electron chi connectivity index (χ0n) is 12.8. The Morgan fingerprint density at radius 2 is 2.08 bits per heavy atom. The van der Waals surface area contributed by atoms with Gasteiger partial charge in [0.15, 0.2) is 5.65 Å². The molecule has 0 radical (unpaired) electrons. The Morgan fingerprint density at radius 3 is 2.71 bits per heavy atom. The Balaban J connectivity index is 0.000000471. The van der Waals surface area contributed by atoms with Crippen molar-refractivity contribution in [2.45, 2.75) is 13.5 Å². The highest BCUT2D eigenvalue weighted by molar-refractivity contribution is 6.04. The fraction of sp³-hybridized carbons (Fsp3) is 0.133. The van der Waals surface area contributed by atoms with Gasteiger partial charge in [-0.2, -0.15) is 5.10 Å². The Labute approximate surface area is 136 Å². The number of benzene rings is 1. The number of rotatable bonds is 3. The van der Waals surface area contributed by atoms with Gasteiger partial charge in [0.2, 0.25) is 0 Å². The largest absolute Gasteiger partial charge is 0.481 e. The number of aromatic nitrogens is 4. The molecule has 9 heteroatoms. The van der Waals surface area contributed by atoms with Crippen LogP contribution in [0.4, 0.5) is 4.39 Å². The van der Waals surface area contributed by atoms with Gasteiger partial charge in [-0.1, -0.05) is 18.2 Å². The summed E-state index contributed by atoms with van der Waals surface area (Å²) < 4.78 is 15.2. The van der Waals surface area contributed by atoms with Gasteiger partial charge in [0.05, 0.1) is 11.9 Å². The number of nitrogens with zero attached hydrogens (tertiary/aromatic N) is 4. The summed E-state index contributed by atoms with van der Waals surface area (Å²) in [6.07, 6.45) is 2.93. The van der Waals surface area contributed by atoms with E-state index in [9.17, 15) is 4.39 Å². The molecular formula is C15H15FN6O2. The maximum atomic E-state index is 13.7. The van der Waals surface area contributed by atoms with E-state index in [1.807, 2.05) is 0 Å². The normalized spacial score (nSPS) is 10.1. The highest BCUT2D eigenvalue weighted by Crippen LogP contribution is 2.17.